The predicted octanol–water partition coefficient (Wildman–Crippen LogP) is 12.5. The number of anilines is 1. The molecule has 0 unspecified atom stereocenters. The van der Waals surface area contributed by atoms with E-state index in [1.807, 2.05) is 106 Å². The lowest BCUT2D eigenvalue weighted by Gasteiger charge is -2.36. The lowest BCUT2D eigenvalue weighted by Crippen LogP contribution is -2.46. The van der Waals surface area contributed by atoms with E-state index >= 15 is 0 Å². The summed E-state index contributed by atoms with van der Waals surface area (Å²) in [5, 5.41) is 1.56. The van der Waals surface area contributed by atoms with E-state index in [9.17, 15) is 13.2 Å². The van der Waals surface area contributed by atoms with Crippen LogP contribution in [0.1, 0.15) is 93.6 Å². The molecule has 2 aromatic heterocycles. The minimum atomic E-state index is -4.20. The molecule has 2 N–H and O–H groups in total. The molecule has 1 saturated heterocycles. The Morgan fingerprint density at radius 2 is 1.43 bits per heavy atom. The molecule has 60 heavy (non-hydrogen) atoms. The lowest BCUT2D eigenvalue weighted by atomic mass is 9.99. The topological polar surface area (TPSA) is 108 Å². The van der Waals surface area contributed by atoms with Crippen molar-refractivity contribution < 1.29 is 17.9 Å². The Hall–Kier alpha value is -5.16. The molecule has 3 heterocycles. The smallest absolute Gasteiger partial charge is 0.268 e. The fraction of sp³-hybridized carbons (Fsp3) is 0.347. The van der Waals surface area contributed by atoms with Crippen molar-refractivity contribution in [3.05, 3.63) is 136 Å². The van der Waals surface area contributed by atoms with Crippen molar-refractivity contribution in [2.45, 2.75) is 94.5 Å². The Bertz CT molecular complexity index is 2400. The van der Waals surface area contributed by atoms with E-state index < -0.39 is 15.9 Å². The van der Waals surface area contributed by atoms with E-state index in [0.29, 0.717) is 27.5 Å². The third-order valence-electron chi connectivity index (χ3n) is 9.90. The molecule has 1 aliphatic rings. The van der Waals surface area contributed by atoms with Crippen LogP contribution in [0.25, 0.3) is 22.2 Å². The summed E-state index contributed by atoms with van der Waals surface area (Å²) < 4.78 is 36.0. The minimum Gasteiger partial charge on any atom is -0.455 e. The second-order valence-corrected chi connectivity index (χ2v) is 15.4. The van der Waals surface area contributed by atoms with Crippen LogP contribution >= 0.6 is 11.6 Å². The number of hydrogen-bond acceptors (Lipinski definition) is 7. The van der Waals surface area contributed by atoms with E-state index in [4.69, 9.17) is 16.3 Å². The number of fused-ring (bicyclic) bond motifs is 1. The Morgan fingerprint density at radius 1 is 0.783 bits per heavy atom. The quantitative estimate of drug-likeness (QED) is 0.149. The zero-order valence-electron chi connectivity index (χ0n) is 37.5. The number of nitrogens with zero attached hydrogens (tertiary/aromatic N) is 3. The molecule has 1 fully saturated rings. The first-order valence-corrected chi connectivity index (χ1v) is 23.0. The van der Waals surface area contributed by atoms with Gasteiger partial charge in [0.25, 0.3) is 15.9 Å². The lowest BCUT2D eigenvalue weighted by molar-refractivity contribution is 0.0979. The maximum atomic E-state index is 13.8. The van der Waals surface area contributed by atoms with Crippen LogP contribution in [0.2, 0.25) is 5.02 Å². The average Bonchev–Trinajstić information content (AvgIpc) is 3.74. The summed E-state index contributed by atoms with van der Waals surface area (Å²) in [5.41, 5.74) is 8.28. The number of pyridine rings is 1. The van der Waals surface area contributed by atoms with Crippen LogP contribution in [-0.2, 0) is 16.6 Å². The number of nitrogens with one attached hydrogen (secondary N) is 2. The van der Waals surface area contributed by atoms with Gasteiger partial charge < -0.3 is 14.6 Å². The molecule has 0 atom stereocenters. The van der Waals surface area contributed by atoms with Gasteiger partial charge in [-0.3, -0.25) is 9.69 Å². The molecule has 0 radical (unpaired) electrons. The molecule has 9 nitrogen and oxygen atoms in total. The van der Waals surface area contributed by atoms with Gasteiger partial charge >= 0.3 is 0 Å². The van der Waals surface area contributed by atoms with Gasteiger partial charge in [0.2, 0.25) is 0 Å². The summed E-state index contributed by atoms with van der Waals surface area (Å²) in [7, 11) is -4.20. The summed E-state index contributed by atoms with van der Waals surface area (Å²) >= 11 is 6.15. The average molecular weight is 855 g/mol. The number of carbonyl (C=O) groups is 1. The van der Waals surface area contributed by atoms with Gasteiger partial charge in [0, 0.05) is 61.1 Å². The number of carbonyl (C=O) groups excluding carboxylic acids is 1. The van der Waals surface area contributed by atoms with Gasteiger partial charge in [0.15, 0.2) is 0 Å². The molecular weight excluding hydrogens is 790 g/mol. The van der Waals surface area contributed by atoms with Crippen molar-refractivity contribution in [3.63, 3.8) is 0 Å². The maximum absolute atomic E-state index is 13.8. The SMILES string of the molecule is CC.CC.CC.CC.Cc1cc(C)c(S(=O)(=O)NC(=O)c2ccc(N3CCN(Cc4ccccc4-c4ccc(Cl)cc4)CC3)cc2Oc2cnc3[nH]ccc3c2)c(C)c1C. The largest absolute Gasteiger partial charge is 0.455 e. The van der Waals surface area contributed by atoms with Gasteiger partial charge in [-0.15, -0.1) is 0 Å². The molecular formula is C49H64ClN5O4S. The van der Waals surface area contributed by atoms with E-state index in [1.165, 1.54) is 11.1 Å². The number of ether oxygens (including phenoxy) is 1. The molecule has 0 spiro atoms. The molecule has 6 aromatic rings. The van der Waals surface area contributed by atoms with Crippen LogP contribution in [-0.4, -0.2) is 55.4 Å². The van der Waals surface area contributed by atoms with Crippen molar-refractivity contribution in [2.75, 3.05) is 31.1 Å². The molecule has 1 aliphatic heterocycles. The van der Waals surface area contributed by atoms with Crippen LogP contribution in [0.3, 0.4) is 0 Å². The number of amides is 1. The van der Waals surface area contributed by atoms with Crippen LogP contribution in [0.5, 0.6) is 11.5 Å². The number of benzene rings is 4. The number of aryl methyl sites for hydroxylation is 2. The Kier molecular flexibility index (Phi) is 19.3. The second-order valence-electron chi connectivity index (χ2n) is 13.3. The summed E-state index contributed by atoms with van der Waals surface area (Å²) in [6.45, 7) is 27.3. The van der Waals surface area contributed by atoms with Gasteiger partial charge in [-0.05, 0) is 103 Å². The molecule has 7 rings (SSSR count). The first kappa shape index (κ1) is 49.2. The number of piperazine rings is 1. The number of hydrogen-bond donors (Lipinski definition) is 2. The number of aromatic amines is 1. The van der Waals surface area contributed by atoms with Crippen LogP contribution < -0.4 is 14.4 Å². The van der Waals surface area contributed by atoms with E-state index in [-0.39, 0.29) is 16.2 Å². The van der Waals surface area contributed by atoms with Crippen LogP contribution in [0, 0.1) is 27.7 Å². The zero-order chi connectivity index (χ0) is 44.6. The van der Waals surface area contributed by atoms with Crippen molar-refractivity contribution in [1.82, 2.24) is 19.6 Å². The Labute approximate surface area is 364 Å². The van der Waals surface area contributed by atoms with Crippen molar-refractivity contribution >= 4 is 44.3 Å². The fourth-order valence-corrected chi connectivity index (χ4v) is 8.58. The van der Waals surface area contributed by atoms with Gasteiger partial charge in [0.1, 0.15) is 17.1 Å². The normalized spacial score (nSPS) is 12.3. The molecule has 4 aromatic carbocycles. The monoisotopic (exact) mass is 853 g/mol. The standard InChI is InChI=1S/C41H40ClN5O4S.4C2H6/c1-26-21-27(2)39(29(4)28(26)3)52(49,50)45-41(48)37-14-13-34(23-38(37)51-35-22-31-15-16-43-40(31)44-24-35)47-19-17-46(18-20-47)25-32-7-5-6-8-36(32)30-9-11-33(42)12-10-30;4*1-2/h5-16,21-24H,17-20,25H2,1-4H3,(H,43,44)(H,45,48);4*1-2H3. The van der Waals surface area contributed by atoms with Gasteiger partial charge in [0.05, 0.1) is 16.7 Å². The maximum Gasteiger partial charge on any atom is 0.268 e. The first-order valence-electron chi connectivity index (χ1n) is 21.2. The second kappa shape index (κ2) is 23.6. The number of H-pyrrole nitrogens is 1. The summed E-state index contributed by atoms with van der Waals surface area (Å²) in [4.78, 5) is 26.1. The molecule has 0 bridgehead atoms. The molecule has 322 valence electrons. The van der Waals surface area contributed by atoms with Crippen LogP contribution in [0.15, 0.2) is 102 Å². The predicted molar refractivity (Wildman–Crippen MR) is 252 cm³/mol. The highest BCUT2D eigenvalue weighted by Gasteiger charge is 2.27. The third kappa shape index (κ3) is 12.0. The third-order valence-corrected chi connectivity index (χ3v) is 11.8. The van der Waals surface area contributed by atoms with Gasteiger partial charge in [-0.25, -0.2) is 18.1 Å². The number of sulfonamides is 1. The van der Waals surface area contributed by atoms with E-state index in [0.717, 1.165) is 60.5 Å². The molecule has 1 amide bonds. The highest BCUT2D eigenvalue weighted by Crippen LogP contribution is 2.33. The van der Waals surface area contributed by atoms with E-state index in [2.05, 4.69) is 60.9 Å². The number of halogens is 1. The summed E-state index contributed by atoms with van der Waals surface area (Å²) in [6, 6.07) is 27.2. The summed E-state index contributed by atoms with van der Waals surface area (Å²) in [5.74, 6) is -0.126. The zero-order valence-corrected chi connectivity index (χ0v) is 39.1. The Morgan fingerprint density at radius 3 is 2.10 bits per heavy atom. The fourth-order valence-electron chi connectivity index (χ4n) is 6.96. The summed E-state index contributed by atoms with van der Waals surface area (Å²) in [6.07, 6.45) is 3.37. The molecule has 0 saturated carbocycles. The van der Waals surface area contributed by atoms with E-state index in [1.54, 1.807) is 38.4 Å². The van der Waals surface area contributed by atoms with Crippen LogP contribution in [0.4, 0.5) is 5.69 Å². The minimum absolute atomic E-state index is 0.0954. The van der Waals surface area contributed by atoms with Gasteiger partial charge in [-0.2, -0.15) is 0 Å². The number of rotatable bonds is 9. The molecule has 0 aliphatic carbocycles. The van der Waals surface area contributed by atoms with Crippen molar-refractivity contribution in [1.29, 1.82) is 0 Å². The highest BCUT2D eigenvalue weighted by molar-refractivity contribution is 7.90. The van der Waals surface area contributed by atoms with Crippen molar-refractivity contribution in [3.8, 4) is 22.6 Å². The Balaban J connectivity index is 0.00000113. The van der Waals surface area contributed by atoms with Gasteiger partial charge in [-0.1, -0.05) is 109 Å². The van der Waals surface area contributed by atoms with Crippen molar-refractivity contribution in [2.24, 2.45) is 0 Å². The first-order chi connectivity index (χ1) is 29.0. The highest BCUT2D eigenvalue weighted by atomic mass is 35.5. The number of aromatic nitrogens is 2. The molecule has 11 heteroatoms.